The molecule has 0 radical (unpaired) electrons. The lowest BCUT2D eigenvalue weighted by molar-refractivity contribution is -0.121. The molecule has 2 rings (SSSR count). The van der Waals surface area contributed by atoms with E-state index in [4.69, 9.17) is 9.47 Å². The summed E-state index contributed by atoms with van der Waals surface area (Å²) in [5.74, 6) is 1.10. The number of carbonyl (C=O) groups is 1. The van der Waals surface area contributed by atoms with Crippen LogP contribution in [0.2, 0.25) is 0 Å². The SMILES string of the molecule is COc1ccccc1OC[C@H](C)NC(=O)CCCN(c1ccccc1C)S(C)(=O)=O. The van der Waals surface area contributed by atoms with Gasteiger partial charge in [-0.2, -0.15) is 0 Å². The molecule has 1 N–H and O–H groups in total. The molecular weight excluding hydrogens is 404 g/mol. The summed E-state index contributed by atoms with van der Waals surface area (Å²) in [6, 6.07) is 14.4. The number of benzene rings is 2. The highest BCUT2D eigenvalue weighted by atomic mass is 32.2. The lowest BCUT2D eigenvalue weighted by Gasteiger charge is -2.24. The zero-order chi connectivity index (χ0) is 22.1. The van der Waals surface area contributed by atoms with E-state index in [0.29, 0.717) is 30.2 Å². The van der Waals surface area contributed by atoms with Crippen molar-refractivity contribution in [2.75, 3.05) is 30.8 Å². The fraction of sp³-hybridized carbons (Fsp3) is 0.409. The van der Waals surface area contributed by atoms with Gasteiger partial charge in [-0.1, -0.05) is 30.3 Å². The molecular formula is C22H30N2O5S. The minimum Gasteiger partial charge on any atom is -0.493 e. The van der Waals surface area contributed by atoms with E-state index in [9.17, 15) is 13.2 Å². The Bertz CT molecular complexity index is 946. The number of sulfonamides is 1. The van der Waals surface area contributed by atoms with E-state index in [1.54, 1.807) is 31.4 Å². The van der Waals surface area contributed by atoms with Gasteiger partial charge in [-0.3, -0.25) is 9.10 Å². The molecule has 0 aromatic heterocycles. The van der Waals surface area contributed by atoms with E-state index >= 15 is 0 Å². The van der Waals surface area contributed by atoms with Gasteiger partial charge in [0.2, 0.25) is 15.9 Å². The average molecular weight is 435 g/mol. The number of para-hydroxylation sites is 3. The van der Waals surface area contributed by atoms with Crippen molar-refractivity contribution in [3.05, 3.63) is 54.1 Å². The monoisotopic (exact) mass is 434 g/mol. The Kier molecular flexibility index (Phi) is 8.53. The Morgan fingerprint density at radius 1 is 1.10 bits per heavy atom. The highest BCUT2D eigenvalue weighted by Gasteiger charge is 2.19. The van der Waals surface area contributed by atoms with Crippen LogP contribution in [0.5, 0.6) is 11.5 Å². The summed E-state index contributed by atoms with van der Waals surface area (Å²) in [6.07, 6.45) is 1.81. The normalized spacial score (nSPS) is 12.1. The van der Waals surface area contributed by atoms with Gasteiger partial charge >= 0.3 is 0 Å². The molecule has 2 aromatic rings. The van der Waals surface area contributed by atoms with Crippen LogP contribution in [0.3, 0.4) is 0 Å². The molecule has 30 heavy (non-hydrogen) atoms. The summed E-state index contributed by atoms with van der Waals surface area (Å²) in [5.41, 5.74) is 1.51. The Hall–Kier alpha value is -2.74. The van der Waals surface area contributed by atoms with Gasteiger partial charge in [0.05, 0.1) is 25.1 Å². The number of nitrogens with zero attached hydrogens (tertiary/aromatic N) is 1. The number of hydrogen-bond acceptors (Lipinski definition) is 5. The number of aryl methyl sites for hydroxylation is 1. The maximum Gasteiger partial charge on any atom is 0.232 e. The number of ether oxygens (including phenoxy) is 2. The van der Waals surface area contributed by atoms with E-state index in [-0.39, 0.29) is 24.9 Å². The molecule has 1 atom stereocenters. The van der Waals surface area contributed by atoms with Crippen LogP contribution in [0.25, 0.3) is 0 Å². The Labute approximate surface area is 179 Å². The number of amides is 1. The maximum absolute atomic E-state index is 12.3. The van der Waals surface area contributed by atoms with Crippen molar-refractivity contribution in [1.29, 1.82) is 0 Å². The van der Waals surface area contributed by atoms with Gasteiger partial charge in [-0.15, -0.1) is 0 Å². The van der Waals surface area contributed by atoms with Crippen LogP contribution in [0.4, 0.5) is 5.69 Å². The van der Waals surface area contributed by atoms with E-state index < -0.39 is 10.0 Å². The van der Waals surface area contributed by atoms with Gasteiger partial charge in [0.25, 0.3) is 0 Å². The van der Waals surface area contributed by atoms with Crippen LogP contribution < -0.4 is 19.1 Å². The van der Waals surface area contributed by atoms with Gasteiger partial charge in [0.15, 0.2) is 11.5 Å². The van der Waals surface area contributed by atoms with Crippen molar-refractivity contribution in [3.8, 4) is 11.5 Å². The van der Waals surface area contributed by atoms with E-state index in [2.05, 4.69) is 5.32 Å². The van der Waals surface area contributed by atoms with Crippen LogP contribution in [-0.4, -0.2) is 46.9 Å². The van der Waals surface area contributed by atoms with Gasteiger partial charge in [-0.25, -0.2) is 8.42 Å². The molecule has 0 saturated heterocycles. The first kappa shape index (κ1) is 23.5. The molecule has 0 heterocycles. The lowest BCUT2D eigenvalue weighted by atomic mass is 10.2. The smallest absolute Gasteiger partial charge is 0.232 e. The third-order valence-electron chi connectivity index (χ3n) is 4.51. The Morgan fingerprint density at radius 3 is 2.37 bits per heavy atom. The van der Waals surface area contributed by atoms with Crippen molar-refractivity contribution in [1.82, 2.24) is 5.32 Å². The second kappa shape index (κ2) is 10.9. The summed E-state index contributed by atoms with van der Waals surface area (Å²) >= 11 is 0. The number of nitrogens with one attached hydrogen (secondary N) is 1. The van der Waals surface area contributed by atoms with E-state index in [1.807, 2.05) is 38.1 Å². The molecule has 1 amide bonds. The van der Waals surface area contributed by atoms with Gasteiger partial charge in [0.1, 0.15) is 6.61 Å². The lowest BCUT2D eigenvalue weighted by Crippen LogP contribution is -2.37. The third-order valence-corrected chi connectivity index (χ3v) is 5.69. The number of rotatable bonds is 11. The second-order valence-corrected chi connectivity index (χ2v) is 9.06. The molecule has 164 valence electrons. The van der Waals surface area contributed by atoms with Crippen molar-refractivity contribution in [3.63, 3.8) is 0 Å². The van der Waals surface area contributed by atoms with Crippen molar-refractivity contribution in [2.45, 2.75) is 32.7 Å². The first-order valence-electron chi connectivity index (χ1n) is 9.81. The average Bonchev–Trinajstić information content (AvgIpc) is 2.70. The number of anilines is 1. The number of hydrogen-bond donors (Lipinski definition) is 1. The molecule has 0 aliphatic rings. The summed E-state index contributed by atoms with van der Waals surface area (Å²) in [7, 11) is -1.86. The molecule has 7 nitrogen and oxygen atoms in total. The molecule has 0 aliphatic heterocycles. The topological polar surface area (TPSA) is 84.9 Å². The van der Waals surface area contributed by atoms with Crippen molar-refractivity contribution < 1.29 is 22.7 Å². The molecule has 0 saturated carbocycles. The van der Waals surface area contributed by atoms with E-state index in [1.165, 1.54) is 10.6 Å². The predicted molar refractivity (Wildman–Crippen MR) is 119 cm³/mol. The number of methoxy groups -OCH3 is 1. The van der Waals surface area contributed by atoms with Crippen molar-refractivity contribution in [2.24, 2.45) is 0 Å². The predicted octanol–water partition coefficient (Wildman–Crippen LogP) is 3.13. The fourth-order valence-electron chi connectivity index (χ4n) is 3.03. The third kappa shape index (κ3) is 6.95. The zero-order valence-corrected chi connectivity index (χ0v) is 18.7. The molecule has 0 aliphatic carbocycles. The molecule has 2 aromatic carbocycles. The maximum atomic E-state index is 12.3. The standard InChI is InChI=1S/C22H30N2O5S/c1-17-10-5-6-11-19(17)24(30(4,26)27)15-9-14-22(25)23-18(2)16-29-21-13-8-7-12-20(21)28-3/h5-8,10-13,18H,9,14-16H2,1-4H3,(H,23,25)/t18-/m0/s1. The fourth-order valence-corrected chi connectivity index (χ4v) is 4.06. The highest BCUT2D eigenvalue weighted by molar-refractivity contribution is 7.92. The Morgan fingerprint density at radius 2 is 1.73 bits per heavy atom. The first-order chi connectivity index (χ1) is 14.2. The van der Waals surface area contributed by atoms with Crippen LogP contribution in [0.1, 0.15) is 25.3 Å². The Balaban J connectivity index is 1.83. The minimum absolute atomic E-state index is 0.149. The van der Waals surface area contributed by atoms with Crippen LogP contribution in [0, 0.1) is 6.92 Å². The van der Waals surface area contributed by atoms with E-state index in [0.717, 1.165) is 5.56 Å². The summed E-state index contributed by atoms with van der Waals surface area (Å²) in [4.78, 5) is 12.3. The van der Waals surface area contributed by atoms with Crippen LogP contribution >= 0.6 is 0 Å². The quantitative estimate of drug-likeness (QED) is 0.587. The second-order valence-electron chi connectivity index (χ2n) is 7.16. The minimum atomic E-state index is -3.44. The van der Waals surface area contributed by atoms with Gasteiger partial charge in [0, 0.05) is 13.0 Å². The van der Waals surface area contributed by atoms with Crippen molar-refractivity contribution >= 4 is 21.6 Å². The van der Waals surface area contributed by atoms with Gasteiger partial charge < -0.3 is 14.8 Å². The molecule has 0 spiro atoms. The van der Waals surface area contributed by atoms with Crippen LogP contribution in [0.15, 0.2) is 48.5 Å². The largest absolute Gasteiger partial charge is 0.493 e. The number of carbonyl (C=O) groups excluding carboxylic acids is 1. The van der Waals surface area contributed by atoms with Gasteiger partial charge in [-0.05, 0) is 44.0 Å². The first-order valence-corrected chi connectivity index (χ1v) is 11.7. The summed E-state index contributed by atoms with van der Waals surface area (Å²) < 4.78 is 36.7. The molecule has 8 heteroatoms. The zero-order valence-electron chi connectivity index (χ0n) is 17.9. The molecule has 0 unspecified atom stereocenters. The summed E-state index contributed by atoms with van der Waals surface area (Å²) in [6.45, 7) is 4.25. The molecule has 0 bridgehead atoms. The van der Waals surface area contributed by atoms with Crippen LogP contribution in [-0.2, 0) is 14.8 Å². The summed E-state index contributed by atoms with van der Waals surface area (Å²) in [5, 5.41) is 2.88. The molecule has 0 fully saturated rings. The highest BCUT2D eigenvalue weighted by Crippen LogP contribution is 2.26.